The minimum atomic E-state index is 0.427. The van der Waals surface area contributed by atoms with Gasteiger partial charge in [0, 0.05) is 0 Å². The molecule has 0 spiro atoms. The lowest BCUT2D eigenvalue weighted by Gasteiger charge is -2.15. The maximum atomic E-state index is 10.6. The van der Waals surface area contributed by atoms with Gasteiger partial charge in [-0.15, -0.1) is 0 Å². The van der Waals surface area contributed by atoms with Crippen molar-refractivity contribution in [3.8, 4) is 16.9 Å². The molecule has 3 aromatic carbocycles. The quantitative estimate of drug-likeness (QED) is 0.592. The van der Waals surface area contributed by atoms with E-state index in [1.165, 1.54) is 11.1 Å². The number of rotatable bonds is 6. The van der Waals surface area contributed by atoms with Crippen LogP contribution in [0.3, 0.4) is 0 Å². The van der Waals surface area contributed by atoms with Crippen molar-refractivity contribution < 1.29 is 5.11 Å². The van der Waals surface area contributed by atoms with Gasteiger partial charge in [0.15, 0.2) is 0 Å². The van der Waals surface area contributed by atoms with Gasteiger partial charge in [-0.25, -0.2) is 0 Å². The first kappa shape index (κ1) is 16.3. The Kier molecular flexibility index (Phi) is 5.32. The van der Waals surface area contributed by atoms with Gasteiger partial charge in [0.1, 0.15) is 5.75 Å². The van der Waals surface area contributed by atoms with Gasteiger partial charge in [-0.3, -0.25) is 0 Å². The SMILES string of the molecule is CCCCc1c(O)cc(-c2ccccc2)cc1Cc1ccccc1. The van der Waals surface area contributed by atoms with E-state index >= 15 is 0 Å². The van der Waals surface area contributed by atoms with Crippen molar-refractivity contribution in [3.05, 3.63) is 89.5 Å². The van der Waals surface area contributed by atoms with Crippen LogP contribution in [0.15, 0.2) is 72.8 Å². The van der Waals surface area contributed by atoms with Crippen molar-refractivity contribution in [2.45, 2.75) is 32.6 Å². The highest BCUT2D eigenvalue weighted by Crippen LogP contribution is 2.32. The lowest BCUT2D eigenvalue weighted by molar-refractivity contribution is 0.466. The first-order valence-corrected chi connectivity index (χ1v) is 8.72. The minimum Gasteiger partial charge on any atom is -0.508 e. The van der Waals surface area contributed by atoms with Crippen LogP contribution < -0.4 is 0 Å². The number of hydrogen-bond donors (Lipinski definition) is 1. The molecule has 0 amide bonds. The Morgan fingerprint density at radius 1 is 0.792 bits per heavy atom. The molecule has 0 aromatic heterocycles. The molecule has 0 fully saturated rings. The highest BCUT2D eigenvalue weighted by molar-refractivity contribution is 5.67. The van der Waals surface area contributed by atoms with Crippen LogP contribution in [0, 0.1) is 0 Å². The first-order valence-electron chi connectivity index (χ1n) is 8.72. The number of phenols is 1. The summed E-state index contributed by atoms with van der Waals surface area (Å²) >= 11 is 0. The first-order chi connectivity index (χ1) is 11.8. The van der Waals surface area contributed by atoms with Gasteiger partial charge in [-0.05, 0) is 53.1 Å². The molecule has 3 aromatic rings. The van der Waals surface area contributed by atoms with Crippen molar-refractivity contribution in [3.63, 3.8) is 0 Å². The van der Waals surface area contributed by atoms with Crippen LogP contribution >= 0.6 is 0 Å². The Balaban J connectivity index is 2.03. The third-order valence-corrected chi connectivity index (χ3v) is 4.44. The van der Waals surface area contributed by atoms with Gasteiger partial charge in [-0.1, -0.05) is 80.1 Å². The molecule has 0 aliphatic heterocycles. The third kappa shape index (κ3) is 3.86. The molecule has 0 aliphatic carbocycles. The molecule has 0 radical (unpaired) electrons. The number of aromatic hydroxyl groups is 1. The number of unbranched alkanes of at least 4 members (excludes halogenated alkanes) is 1. The van der Waals surface area contributed by atoms with E-state index in [0.717, 1.165) is 42.4 Å². The van der Waals surface area contributed by atoms with Crippen LogP contribution in [0.2, 0.25) is 0 Å². The molecule has 0 aliphatic rings. The summed E-state index contributed by atoms with van der Waals surface area (Å²) in [6.45, 7) is 2.19. The zero-order valence-electron chi connectivity index (χ0n) is 14.2. The Morgan fingerprint density at radius 3 is 2.12 bits per heavy atom. The lowest BCUT2D eigenvalue weighted by atomic mass is 9.91. The Labute approximate surface area is 144 Å². The van der Waals surface area contributed by atoms with E-state index in [1.54, 1.807) is 0 Å². The molecule has 1 heteroatoms. The number of benzene rings is 3. The van der Waals surface area contributed by atoms with Crippen LogP contribution in [0.4, 0.5) is 0 Å². The van der Waals surface area contributed by atoms with Gasteiger partial charge in [-0.2, -0.15) is 0 Å². The summed E-state index contributed by atoms with van der Waals surface area (Å²) in [5.41, 5.74) is 5.83. The summed E-state index contributed by atoms with van der Waals surface area (Å²) < 4.78 is 0. The topological polar surface area (TPSA) is 20.2 Å². The van der Waals surface area contributed by atoms with E-state index in [4.69, 9.17) is 0 Å². The molecule has 3 rings (SSSR count). The molecule has 0 atom stereocenters. The molecule has 122 valence electrons. The molecule has 0 saturated carbocycles. The number of phenolic OH excluding ortho intramolecular Hbond substituents is 1. The fourth-order valence-corrected chi connectivity index (χ4v) is 3.13. The van der Waals surface area contributed by atoms with Crippen LogP contribution in [-0.4, -0.2) is 5.11 Å². The number of hydrogen-bond acceptors (Lipinski definition) is 1. The zero-order valence-corrected chi connectivity index (χ0v) is 14.2. The monoisotopic (exact) mass is 316 g/mol. The fraction of sp³-hybridized carbons (Fsp3) is 0.217. The fourth-order valence-electron chi connectivity index (χ4n) is 3.13. The molecule has 0 bridgehead atoms. The maximum absolute atomic E-state index is 10.6. The van der Waals surface area contributed by atoms with Gasteiger partial charge in [0.05, 0.1) is 0 Å². The van der Waals surface area contributed by atoms with Crippen molar-refractivity contribution in [2.24, 2.45) is 0 Å². The molecule has 0 unspecified atom stereocenters. The molecule has 1 N–H and O–H groups in total. The van der Waals surface area contributed by atoms with Gasteiger partial charge >= 0.3 is 0 Å². The molecular weight excluding hydrogens is 292 g/mol. The van der Waals surface area contributed by atoms with Crippen LogP contribution in [0.1, 0.15) is 36.5 Å². The average Bonchev–Trinajstić information content (AvgIpc) is 2.62. The second-order valence-corrected chi connectivity index (χ2v) is 6.27. The highest BCUT2D eigenvalue weighted by Gasteiger charge is 2.12. The van der Waals surface area contributed by atoms with Gasteiger partial charge in [0.2, 0.25) is 0 Å². The van der Waals surface area contributed by atoms with E-state index in [-0.39, 0.29) is 0 Å². The van der Waals surface area contributed by atoms with E-state index < -0.39 is 0 Å². The second kappa shape index (κ2) is 7.83. The second-order valence-electron chi connectivity index (χ2n) is 6.27. The van der Waals surface area contributed by atoms with Crippen LogP contribution in [0.5, 0.6) is 5.75 Å². The Morgan fingerprint density at radius 2 is 1.46 bits per heavy atom. The predicted molar refractivity (Wildman–Crippen MR) is 101 cm³/mol. The van der Waals surface area contributed by atoms with Crippen molar-refractivity contribution in [2.75, 3.05) is 0 Å². The largest absolute Gasteiger partial charge is 0.508 e. The standard InChI is InChI=1S/C23H24O/c1-2-3-14-22-21(15-18-10-6-4-7-11-18)16-20(17-23(22)24)19-12-8-5-9-13-19/h4-13,16-17,24H,2-3,14-15H2,1H3. The molecular formula is C23H24O. The maximum Gasteiger partial charge on any atom is 0.119 e. The molecule has 24 heavy (non-hydrogen) atoms. The van der Waals surface area contributed by atoms with Gasteiger partial charge < -0.3 is 5.11 Å². The third-order valence-electron chi connectivity index (χ3n) is 4.44. The van der Waals surface area contributed by atoms with E-state index in [1.807, 2.05) is 30.3 Å². The van der Waals surface area contributed by atoms with E-state index in [0.29, 0.717) is 5.75 Å². The van der Waals surface area contributed by atoms with E-state index in [9.17, 15) is 5.11 Å². The Hall–Kier alpha value is -2.54. The molecule has 1 nitrogen and oxygen atoms in total. The van der Waals surface area contributed by atoms with Crippen molar-refractivity contribution >= 4 is 0 Å². The predicted octanol–water partition coefficient (Wildman–Crippen LogP) is 5.99. The van der Waals surface area contributed by atoms with Crippen LogP contribution in [0.25, 0.3) is 11.1 Å². The lowest BCUT2D eigenvalue weighted by Crippen LogP contribution is -1.98. The Bertz CT molecular complexity index is 776. The minimum absolute atomic E-state index is 0.427. The smallest absolute Gasteiger partial charge is 0.119 e. The van der Waals surface area contributed by atoms with Crippen molar-refractivity contribution in [1.82, 2.24) is 0 Å². The summed E-state index contributed by atoms with van der Waals surface area (Å²) in [5.74, 6) is 0.427. The summed E-state index contributed by atoms with van der Waals surface area (Å²) in [6.07, 6.45) is 4.01. The van der Waals surface area contributed by atoms with Crippen molar-refractivity contribution in [1.29, 1.82) is 0 Å². The van der Waals surface area contributed by atoms with E-state index in [2.05, 4.69) is 49.4 Å². The van der Waals surface area contributed by atoms with Crippen LogP contribution in [-0.2, 0) is 12.8 Å². The zero-order chi connectivity index (χ0) is 16.8. The summed E-state index contributed by atoms with van der Waals surface area (Å²) in [4.78, 5) is 0. The highest BCUT2D eigenvalue weighted by atomic mass is 16.3. The summed E-state index contributed by atoms with van der Waals surface area (Å²) in [7, 11) is 0. The molecule has 0 heterocycles. The average molecular weight is 316 g/mol. The molecule has 0 saturated heterocycles. The normalized spacial score (nSPS) is 10.7. The summed E-state index contributed by atoms with van der Waals surface area (Å²) in [5, 5.41) is 10.6. The summed E-state index contributed by atoms with van der Waals surface area (Å²) in [6, 6.07) is 24.9. The van der Waals surface area contributed by atoms with Gasteiger partial charge in [0.25, 0.3) is 0 Å².